The number of nitrogens with zero attached hydrogens (tertiary/aromatic N) is 3. The Hall–Kier alpha value is -3.29. The molecule has 0 atom stereocenters. The summed E-state index contributed by atoms with van der Waals surface area (Å²) < 4.78 is 12.8. The molecular weight excluding hydrogens is 312 g/mol. The van der Waals surface area contributed by atoms with Gasteiger partial charge < -0.3 is 14.8 Å². The van der Waals surface area contributed by atoms with Gasteiger partial charge in [-0.3, -0.25) is 9.20 Å². The van der Waals surface area contributed by atoms with E-state index in [-0.39, 0.29) is 12.2 Å². The lowest BCUT2D eigenvalue weighted by molar-refractivity contribution is -0.117. The van der Waals surface area contributed by atoms with Gasteiger partial charge in [-0.15, -0.1) is 5.10 Å². The Morgan fingerprint density at radius 1 is 1.21 bits per heavy atom. The molecule has 0 aliphatic heterocycles. The molecule has 0 fully saturated rings. The molecule has 0 saturated heterocycles. The van der Waals surface area contributed by atoms with Crippen LogP contribution in [0.25, 0.3) is 5.65 Å². The fourth-order valence-corrected chi connectivity index (χ4v) is 2.31. The van der Waals surface area contributed by atoms with Crippen molar-refractivity contribution in [2.75, 3.05) is 19.5 Å². The van der Waals surface area contributed by atoms with Crippen LogP contribution in [0.15, 0.2) is 47.4 Å². The summed E-state index contributed by atoms with van der Waals surface area (Å²) >= 11 is 0. The highest BCUT2D eigenvalue weighted by atomic mass is 16.5. The molecule has 1 amide bonds. The first-order valence-corrected chi connectivity index (χ1v) is 7.18. The van der Waals surface area contributed by atoms with Crippen molar-refractivity contribution in [1.29, 1.82) is 0 Å². The number of hydrogen-bond acceptors (Lipinski definition) is 5. The third-order valence-corrected chi connectivity index (χ3v) is 3.46. The molecule has 24 heavy (non-hydrogen) atoms. The minimum absolute atomic E-state index is 0.207. The quantitative estimate of drug-likeness (QED) is 0.759. The van der Waals surface area contributed by atoms with Crippen LogP contribution in [0.4, 0.5) is 5.69 Å². The number of carbonyl (C=O) groups is 1. The Kier molecular flexibility index (Phi) is 4.19. The second kappa shape index (κ2) is 6.45. The third-order valence-electron chi connectivity index (χ3n) is 3.46. The number of hydrogen-bond donors (Lipinski definition) is 1. The van der Waals surface area contributed by atoms with Crippen LogP contribution in [0.1, 0.15) is 0 Å². The summed E-state index contributed by atoms with van der Waals surface area (Å²) in [5, 5.41) is 6.82. The molecule has 0 aliphatic rings. The Balaban J connectivity index is 1.83. The predicted molar refractivity (Wildman–Crippen MR) is 87.6 cm³/mol. The summed E-state index contributed by atoms with van der Waals surface area (Å²) in [6, 6.07) is 10.2. The topological polar surface area (TPSA) is 86.9 Å². The number of ether oxygens (including phenoxy) is 2. The van der Waals surface area contributed by atoms with Crippen LogP contribution in [0.5, 0.6) is 11.5 Å². The summed E-state index contributed by atoms with van der Waals surface area (Å²) in [5.41, 5.74) is 0.561. The first-order chi connectivity index (χ1) is 11.6. The average Bonchev–Trinajstić information content (AvgIpc) is 2.91. The highest BCUT2D eigenvalue weighted by Gasteiger charge is 2.13. The predicted octanol–water partition coefficient (Wildman–Crippen LogP) is 1.15. The van der Waals surface area contributed by atoms with Crippen molar-refractivity contribution in [1.82, 2.24) is 14.2 Å². The highest BCUT2D eigenvalue weighted by Crippen LogP contribution is 2.28. The van der Waals surface area contributed by atoms with Crippen molar-refractivity contribution in [2.24, 2.45) is 0 Å². The van der Waals surface area contributed by atoms with Gasteiger partial charge in [0.2, 0.25) is 5.91 Å². The molecule has 3 rings (SSSR count). The van der Waals surface area contributed by atoms with Gasteiger partial charge >= 0.3 is 5.69 Å². The molecule has 3 aromatic rings. The van der Waals surface area contributed by atoms with Crippen molar-refractivity contribution in [2.45, 2.75) is 6.54 Å². The second-order valence-corrected chi connectivity index (χ2v) is 4.98. The van der Waals surface area contributed by atoms with Gasteiger partial charge in [-0.1, -0.05) is 6.07 Å². The summed E-state index contributed by atoms with van der Waals surface area (Å²) in [6.45, 7) is -0.207. The van der Waals surface area contributed by atoms with Gasteiger partial charge in [0.1, 0.15) is 18.0 Å². The van der Waals surface area contributed by atoms with E-state index in [1.165, 1.54) is 18.6 Å². The number of anilines is 1. The molecule has 0 unspecified atom stereocenters. The Morgan fingerprint density at radius 3 is 2.75 bits per heavy atom. The minimum Gasteiger partial charge on any atom is -0.497 e. The lowest BCUT2D eigenvalue weighted by atomic mass is 10.2. The molecule has 8 heteroatoms. The summed E-state index contributed by atoms with van der Waals surface area (Å²) in [4.78, 5) is 24.4. The first-order valence-electron chi connectivity index (χ1n) is 7.18. The largest absolute Gasteiger partial charge is 0.497 e. The van der Waals surface area contributed by atoms with E-state index in [2.05, 4.69) is 10.4 Å². The maximum absolute atomic E-state index is 12.3. The number of aromatic nitrogens is 3. The lowest BCUT2D eigenvalue weighted by Gasteiger charge is -2.11. The zero-order chi connectivity index (χ0) is 17.1. The normalized spacial score (nSPS) is 10.6. The number of carbonyl (C=O) groups excluding carboxylic acids is 1. The monoisotopic (exact) mass is 328 g/mol. The number of rotatable bonds is 5. The lowest BCUT2D eigenvalue weighted by Crippen LogP contribution is -2.28. The average molecular weight is 328 g/mol. The van der Waals surface area contributed by atoms with Crippen LogP contribution in [-0.2, 0) is 11.3 Å². The summed E-state index contributed by atoms with van der Waals surface area (Å²) in [7, 11) is 3.04. The van der Waals surface area contributed by atoms with Crippen LogP contribution < -0.4 is 20.5 Å². The van der Waals surface area contributed by atoms with Crippen LogP contribution in [-0.4, -0.2) is 34.3 Å². The van der Waals surface area contributed by atoms with Crippen LogP contribution in [0, 0.1) is 0 Å². The SMILES string of the molecule is COc1ccc(OC)c(NC(=O)Cn2nc3ccccn3c2=O)c1. The molecule has 0 aliphatic carbocycles. The Morgan fingerprint density at radius 2 is 2.04 bits per heavy atom. The zero-order valence-corrected chi connectivity index (χ0v) is 13.2. The molecule has 0 spiro atoms. The standard InChI is InChI=1S/C16H16N4O4/c1-23-11-6-7-13(24-2)12(9-11)17-15(21)10-20-16(22)19-8-4-3-5-14(19)18-20/h3-9H,10H2,1-2H3,(H,17,21). The van der Waals surface area contributed by atoms with Crippen molar-refractivity contribution < 1.29 is 14.3 Å². The van der Waals surface area contributed by atoms with E-state index in [1.54, 1.807) is 42.6 Å². The van der Waals surface area contributed by atoms with E-state index < -0.39 is 5.91 Å². The van der Waals surface area contributed by atoms with E-state index in [9.17, 15) is 9.59 Å². The molecule has 2 aromatic heterocycles. The molecule has 1 N–H and O–H groups in total. The molecular formula is C16H16N4O4. The van der Waals surface area contributed by atoms with E-state index >= 15 is 0 Å². The number of amides is 1. The van der Waals surface area contributed by atoms with Gasteiger partial charge in [-0.05, 0) is 24.3 Å². The molecule has 124 valence electrons. The molecule has 0 bridgehead atoms. The van der Waals surface area contributed by atoms with Gasteiger partial charge in [0.15, 0.2) is 5.65 Å². The van der Waals surface area contributed by atoms with Gasteiger partial charge in [-0.2, -0.15) is 0 Å². The van der Waals surface area contributed by atoms with Crippen LogP contribution in [0.2, 0.25) is 0 Å². The molecule has 1 aromatic carbocycles. The molecule has 0 saturated carbocycles. The van der Waals surface area contributed by atoms with Crippen LogP contribution >= 0.6 is 0 Å². The minimum atomic E-state index is -0.396. The van der Waals surface area contributed by atoms with Gasteiger partial charge in [0, 0.05) is 12.3 Å². The number of methoxy groups -OCH3 is 2. The van der Waals surface area contributed by atoms with Crippen molar-refractivity contribution in [3.05, 3.63) is 53.1 Å². The van der Waals surface area contributed by atoms with Crippen molar-refractivity contribution in [3.63, 3.8) is 0 Å². The number of benzene rings is 1. The summed E-state index contributed by atoms with van der Waals surface area (Å²) in [6.07, 6.45) is 1.60. The smallest absolute Gasteiger partial charge is 0.350 e. The number of fused-ring (bicyclic) bond motifs is 1. The first kappa shape index (κ1) is 15.6. The fourth-order valence-electron chi connectivity index (χ4n) is 2.31. The Labute approximate surface area is 137 Å². The van der Waals surface area contributed by atoms with Crippen molar-refractivity contribution in [3.8, 4) is 11.5 Å². The highest BCUT2D eigenvalue weighted by molar-refractivity contribution is 5.92. The maximum atomic E-state index is 12.3. The Bertz CT molecular complexity index is 945. The fraction of sp³-hybridized carbons (Fsp3) is 0.188. The van der Waals surface area contributed by atoms with E-state index in [1.807, 2.05) is 0 Å². The molecule has 8 nitrogen and oxygen atoms in total. The van der Waals surface area contributed by atoms with Crippen molar-refractivity contribution >= 4 is 17.2 Å². The van der Waals surface area contributed by atoms with Gasteiger partial charge in [0.05, 0.1) is 19.9 Å². The van der Waals surface area contributed by atoms with E-state index in [4.69, 9.17) is 9.47 Å². The van der Waals surface area contributed by atoms with E-state index in [0.717, 1.165) is 4.68 Å². The second-order valence-electron chi connectivity index (χ2n) is 4.98. The van der Waals surface area contributed by atoms with Gasteiger partial charge in [-0.25, -0.2) is 9.48 Å². The zero-order valence-electron chi connectivity index (χ0n) is 13.2. The molecule has 2 heterocycles. The van der Waals surface area contributed by atoms with Gasteiger partial charge in [0.25, 0.3) is 0 Å². The molecule has 0 radical (unpaired) electrons. The number of nitrogens with one attached hydrogen (secondary N) is 1. The van der Waals surface area contributed by atoms with Crippen LogP contribution in [0.3, 0.4) is 0 Å². The maximum Gasteiger partial charge on any atom is 0.350 e. The summed E-state index contributed by atoms with van der Waals surface area (Å²) in [5.74, 6) is 0.676. The van der Waals surface area contributed by atoms with E-state index in [0.29, 0.717) is 22.8 Å². The number of pyridine rings is 1. The third kappa shape index (κ3) is 2.94.